The Hall–Kier alpha value is -1.98. The van der Waals surface area contributed by atoms with Crippen LogP contribution in [0.2, 0.25) is 0 Å². The molecule has 0 aliphatic heterocycles. The molecule has 0 unspecified atom stereocenters. The predicted octanol–water partition coefficient (Wildman–Crippen LogP) is 1.39. The summed E-state index contributed by atoms with van der Waals surface area (Å²) in [7, 11) is 0. The van der Waals surface area contributed by atoms with Gasteiger partial charge in [0.15, 0.2) is 0 Å². The Morgan fingerprint density at radius 1 is 0.857 bits per heavy atom. The molecule has 78 valence electrons. The van der Waals surface area contributed by atoms with E-state index in [1.807, 2.05) is 0 Å². The van der Waals surface area contributed by atoms with Gasteiger partial charge < -0.3 is 10.2 Å². The molecule has 0 bridgehead atoms. The van der Waals surface area contributed by atoms with Crippen molar-refractivity contribution in [3.63, 3.8) is 0 Å². The first kappa shape index (κ1) is 14.5. The Morgan fingerprint density at radius 2 is 1.14 bits per heavy atom. The molecule has 0 fully saturated rings. The zero-order valence-corrected chi connectivity index (χ0v) is 6.84. The van der Waals surface area contributed by atoms with E-state index in [9.17, 15) is 9.59 Å². The van der Waals surface area contributed by atoms with Crippen LogP contribution in [-0.4, -0.2) is 22.2 Å². The molecule has 1 aromatic rings. The molecule has 0 radical (unpaired) electrons. The first-order chi connectivity index (χ1) is 5.63. The van der Waals surface area contributed by atoms with Crippen molar-refractivity contribution in [3.8, 4) is 0 Å². The van der Waals surface area contributed by atoms with Gasteiger partial charge in [-0.25, -0.2) is 9.59 Å². The third-order valence-corrected chi connectivity index (χ3v) is 1.39. The number of carboxylic acids is 2. The minimum absolute atomic E-state index is 0. The van der Waals surface area contributed by atoms with Crippen LogP contribution in [0.25, 0.3) is 0 Å². The SMILES string of the molecule is F.F.O=C(O)c1ccccc1C(=O)O. The molecule has 4 nitrogen and oxygen atoms in total. The van der Waals surface area contributed by atoms with Gasteiger partial charge in [-0.15, -0.1) is 0 Å². The van der Waals surface area contributed by atoms with Crippen LogP contribution in [0.5, 0.6) is 0 Å². The number of halogens is 2. The Labute approximate surface area is 77.5 Å². The number of rotatable bonds is 2. The largest absolute Gasteiger partial charge is 0.478 e. The Morgan fingerprint density at radius 3 is 1.36 bits per heavy atom. The molecule has 0 aliphatic rings. The Kier molecular flexibility index (Phi) is 5.85. The first-order valence-electron chi connectivity index (χ1n) is 3.18. The minimum Gasteiger partial charge on any atom is -0.478 e. The lowest BCUT2D eigenvalue weighted by Gasteiger charge is -1.98. The molecule has 2 N–H and O–H groups in total. The van der Waals surface area contributed by atoms with Crippen molar-refractivity contribution in [1.82, 2.24) is 0 Å². The van der Waals surface area contributed by atoms with Gasteiger partial charge in [-0.1, -0.05) is 12.1 Å². The van der Waals surface area contributed by atoms with Crippen LogP contribution in [0.4, 0.5) is 9.41 Å². The lowest BCUT2D eigenvalue weighted by molar-refractivity contribution is 0.0651. The van der Waals surface area contributed by atoms with Gasteiger partial charge in [0, 0.05) is 0 Å². The van der Waals surface area contributed by atoms with Gasteiger partial charge in [0.25, 0.3) is 0 Å². The van der Waals surface area contributed by atoms with E-state index in [4.69, 9.17) is 10.2 Å². The maximum absolute atomic E-state index is 10.5. The van der Waals surface area contributed by atoms with Crippen molar-refractivity contribution in [2.24, 2.45) is 0 Å². The molecule has 1 aromatic carbocycles. The third-order valence-electron chi connectivity index (χ3n) is 1.39. The van der Waals surface area contributed by atoms with E-state index in [0.29, 0.717) is 0 Å². The zero-order valence-electron chi connectivity index (χ0n) is 6.84. The second kappa shape index (κ2) is 5.63. The average molecular weight is 206 g/mol. The van der Waals surface area contributed by atoms with Crippen LogP contribution < -0.4 is 0 Å². The number of benzene rings is 1. The zero-order chi connectivity index (χ0) is 9.14. The van der Waals surface area contributed by atoms with E-state index in [1.54, 1.807) is 0 Å². The van der Waals surface area contributed by atoms with Crippen molar-refractivity contribution >= 4 is 11.9 Å². The van der Waals surface area contributed by atoms with Gasteiger partial charge >= 0.3 is 11.9 Å². The second-order valence-electron chi connectivity index (χ2n) is 2.16. The summed E-state index contributed by atoms with van der Waals surface area (Å²) in [5.74, 6) is -2.46. The molecule has 14 heavy (non-hydrogen) atoms. The summed E-state index contributed by atoms with van der Waals surface area (Å²) in [5, 5.41) is 17.1. The van der Waals surface area contributed by atoms with Gasteiger partial charge in [0.2, 0.25) is 0 Å². The van der Waals surface area contributed by atoms with Gasteiger partial charge in [-0.2, -0.15) is 0 Å². The molecule has 0 saturated carbocycles. The highest BCUT2D eigenvalue weighted by molar-refractivity contribution is 6.01. The number of carbonyl (C=O) groups is 2. The van der Waals surface area contributed by atoms with Crippen molar-refractivity contribution in [1.29, 1.82) is 0 Å². The molecule has 0 atom stereocenters. The van der Waals surface area contributed by atoms with Crippen molar-refractivity contribution in [2.75, 3.05) is 0 Å². The Balaban J connectivity index is 0. The first-order valence-corrected chi connectivity index (χ1v) is 3.18. The molecule has 0 aromatic heterocycles. The van der Waals surface area contributed by atoms with E-state index < -0.39 is 11.9 Å². The van der Waals surface area contributed by atoms with Crippen molar-refractivity contribution in [2.45, 2.75) is 0 Å². The van der Waals surface area contributed by atoms with Crippen LogP contribution >= 0.6 is 0 Å². The molecular formula is C8H8F2O4. The summed E-state index contributed by atoms with van der Waals surface area (Å²) in [6, 6.07) is 5.48. The number of hydrogen-bond donors (Lipinski definition) is 2. The molecule has 0 heterocycles. The highest BCUT2D eigenvalue weighted by Crippen LogP contribution is 2.07. The summed E-state index contributed by atoms with van der Waals surface area (Å²) < 4.78 is 0. The van der Waals surface area contributed by atoms with Gasteiger partial charge in [0.1, 0.15) is 0 Å². The fourth-order valence-electron chi connectivity index (χ4n) is 0.856. The topological polar surface area (TPSA) is 74.6 Å². The fraction of sp³-hybridized carbons (Fsp3) is 0. The molecule has 0 amide bonds. The lowest BCUT2D eigenvalue weighted by Crippen LogP contribution is -2.06. The van der Waals surface area contributed by atoms with E-state index in [1.165, 1.54) is 24.3 Å². The van der Waals surface area contributed by atoms with Crippen LogP contribution in [0.3, 0.4) is 0 Å². The van der Waals surface area contributed by atoms with Crippen molar-refractivity contribution in [3.05, 3.63) is 35.4 Å². The normalized spacial score (nSPS) is 8.00. The second-order valence-corrected chi connectivity index (χ2v) is 2.16. The summed E-state index contributed by atoms with van der Waals surface area (Å²) in [6.07, 6.45) is 0. The fourth-order valence-corrected chi connectivity index (χ4v) is 0.856. The van der Waals surface area contributed by atoms with Gasteiger partial charge in [0.05, 0.1) is 11.1 Å². The highest BCUT2D eigenvalue weighted by Gasteiger charge is 2.13. The number of hydrogen-bond acceptors (Lipinski definition) is 2. The van der Waals surface area contributed by atoms with Gasteiger partial charge in [-0.3, -0.25) is 9.41 Å². The molecule has 6 heteroatoms. The van der Waals surface area contributed by atoms with Crippen LogP contribution in [-0.2, 0) is 0 Å². The standard InChI is InChI=1S/C8H6O4.2FH/c9-7(10)5-3-1-2-4-6(5)8(11)12;;/h1-4H,(H,9,10)(H,11,12);2*1H. The summed E-state index contributed by atoms with van der Waals surface area (Å²) in [5.41, 5.74) is -0.380. The average Bonchev–Trinajstić information content (AvgIpc) is 2.04. The highest BCUT2D eigenvalue weighted by atomic mass is 19.0. The number of carboxylic acid groups (broad SMARTS) is 2. The predicted molar refractivity (Wildman–Crippen MR) is 45.4 cm³/mol. The summed E-state index contributed by atoms with van der Waals surface area (Å²) in [4.78, 5) is 20.9. The maximum atomic E-state index is 10.5. The molecular weight excluding hydrogens is 198 g/mol. The molecule has 0 spiro atoms. The minimum atomic E-state index is -1.23. The summed E-state index contributed by atoms with van der Waals surface area (Å²) in [6.45, 7) is 0. The van der Waals surface area contributed by atoms with E-state index in [2.05, 4.69) is 0 Å². The van der Waals surface area contributed by atoms with Crippen LogP contribution in [0, 0.1) is 0 Å². The van der Waals surface area contributed by atoms with Crippen LogP contribution in [0.15, 0.2) is 24.3 Å². The van der Waals surface area contributed by atoms with Gasteiger partial charge in [-0.05, 0) is 12.1 Å². The van der Waals surface area contributed by atoms with Crippen molar-refractivity contribution < 1.29 is 29.2 Å². The molecule has 1 rings (SSSR count). The van der Waals surface area contributed by atoms with E-state index in [-0.39, 0.29) is 20.5 Å². The number of aromatic carboxylic acids is 2. The Bertz CT molecular complexity index is 305. The smallest absolute Gasteiger partial charge is 0.336 e. The molecule has 0 aliphatic carbocycles. The monoisotopic (exact) mass is 206 g/mol. The maximum Gasteiger partial charge on any atom is 0.336 e. The summed E-state index contributed by atoms with van der Waals surface area (Å²) >= 11 is 0. The van der Waals surface area contributed by atoms with Crippen LogP contribution in [0.1, 0.15) is 20.7 Å². The quantitative estimate of drug-likeness (QED) is 0.766. The lowest BCUT2D eigenvalue weighted by atomic mass is 10.1. The van der Waals surface area contributed by atoms with E-state index >= 15 is 0 Å². The molecule has 0 saturated heterocycles. The third kappa shape index (κ3) is 2.81. The van der Waals surface area contributed by atoms with E-state index in [0.717, 1.165) is 0 Å².